The number of thioether (sulfide) groups is 1. The Labute approximate surface area is 136 Å². The second kappa shape index (κ2) is 10.9. The molecule has 0 aliphatic rings. The molecule has 0 spiro atoms. The fourth-order valence-electron chi connectivity index (χ4n) is 1.90. The van der Waals surface area contributed by atoms with E-state index >= 15 is 0 Å². The van der Waals surface area contributed by atoms with Crippen molar-refractivity contribution in [1.82, 2.24) is 5.32 Å². The number of nitrogens with one attached hydrogen (secondary N) is 1. The lowest BCUT2D eigenvalue weighted by Gasteiger charge is -2.18. The average Bonchev–Trinajstić information content (AvgIpc) is 2.39. The first-order valence-corrected chi connectivity index (χ1v) is 7.88. The first kappa shape index (κ1) is 20.2. The number of halogens is 2. The zero-order valence-electron chi connectivity index (χ0n) is 12.5. The monoisotopic (exact) mass is 334 g/mol. The second-order valence-electron chi connectivity index (χ2n) is 5.16. The van der Waals surface area contributed by atoms with Crippen LogP contribution in [0.5, 0.6) is 0 Å². The molecule has 0 bridgehead atoms. The van der Waals surface area contributed by atoms with Crippen molar-refractivity contribution < 1.29 is 9.18 Å². The van der Waals surface area contributed by atoms with Crippen molar-refractivity contribution >= 4 is 30.1 Å². The Morgan fingerprint density at radius 2 is 2.05 bits per heavy atom. The molecule has 1 unspecified atom stereocenters. The Balaban J connectivity index is 0.00000400. The van der Waals surface area contributed by atoms with E-state index in [2.05, 4.69) is 19.2 Å². The lowest BCUT2D eigenvalue weighted by Crippen LogP contribution is -2.41. The number of carbonyl (C=O) groups excluding carboxylic acids is 1. The number of amides is 1. The second-order valence-corrected chi connectivity index (χ2v) is 6.30. The van der Waals surface area contributed by atoms with Crippen LogP contribution in [0.25, 0.3) is 0 Å². The third-order valence-corrected chi connectivity index (χ3v) is 3.88. The van der Waals surface area contributed by atoms with E-state index in [1.54, 1.807) is 18.2 Å². The molecule has 1 aromatic carbocycles. The van der Waals surface area contributed by atoms with Crippen LogP contribution < -0.4 is 11.1 Å². The molecule has 0 fully saturated rings. The van der Waals surface area contributed by atoms with E-state index in [1.807, 2.05) is 0 Å². The van der Waals surface area contributed by atoms with Crippen molar-refractivity contribution in [3.8, 4) is 0 Å². The van der Waals surface area contributed by atoms with Gasteiger partial charge in [-0.1, -0.05) is 26.0 Å². The predicted octanol–water partition coefficient (Wildman–Crippen LogP) is 3.22. The quantitative estimate of drug-likeness (QED) is 0.718. The van der Waals surface area contributed by atoms with Crippen molar-refractivity contribution in [2.75, 3.05) is 12.3 Å². The molecule has 6 heteroatoms. The average molecular weight is 335 g/mol. The summed E-state index contributed by atoms with van der Waals surface area (Å²) in [6.07, 6.45) is 1.25. The Morgan fingerprint density at radius 3 is 2.62 bits per heavy atom. The van der Waals surface area contributed by atoms with Crippen LogP contribution in [0.4, 0.5) is 4.39 Å². The van der Waals surface area contributed by atoms with Gasteiger partial charge in [0.25, 0.3) is 0 Å². The minimum absolute atomic E-state index is 0. The molecule has 1 aromatic rings. The molecule has 3 N–H and O–H groups in total. The first-order valence-electron chi connectivity index (χ1n) is 6.89. The summed E-state index contributed by atoms with van der Waals surface area (Å²) in [7, 11) is 0. The SMILES string of the molecule is CC(C)CC(CN)NC(=O)CCSc1ccccc1F.Cl. The highest BCUT2D eigenvalue weighted by Gasteiger charge is 2.12. The fraction of sp³-hybridized carbons (Fsp3) is 0.533. The molecule has 1 atom stereocenters. The molecule has 0 aliphatic carbocycles. The van der Waals surface area contributed by atoms with Crippen LogP contribution >= 0.6 is 24.2 Å². The molecule has 0 heterocycles. The maximum Gasteiger partial charge on any atom is 0.221 e. The van der Waals surface area contributed by atoms with Crippen molar-refractivity contribution in [2.24, 2.45) is 11.7 Å². The van der Waals surface area contributed by atoms with Crippen molar-refractivity contribution in [2.45, 2.75) is 37.6 Å². The van der Waals surface area contributed by atoms with E-state index in [1.165, 1.54) is 17.8 Å². The number of hydrogen-bond donors (Lipinski definition) is 2. The summed E-state index contributed by atoms with van der Waals surface area (Å²) in [5, 5.41) is 2.93. The molecule has 0 saturated heterocycles. The Morgan fingerprint density at radius 1 is 1.38 bits per heavy atom. The largest absolute Gasteiger partial charge is 0.352 e. The van der Waals surface area contributed by atoms with Crippen molar-refractivity contribution in [3.63, 3.8) is 0 Å². The van der Waals surface area contributed by atoms with Gasteiger partial charge in [-0.05, 0) is 24.5 Å². The van der Waals surface area contributed by atoms with E-state index in [4.69, 9.17) is 5.73 Å². The number of rotatable bonds is 8. The molecule has 120 valence electrons. The van der Waals surface area contributed by atoms with Gasteiger partial charge in [-0.25, -0.2) is 4.39 Å². The summed E-state index contributed by atoms with van der Waals surface area (Å²) in [4.78, 5) is 12.4. The Bertz CT molecular complexity index is 432. The van der Waals surface area contributed by atoms with Gasteiger partial charge in [0.15, 0.2) is 0 Å². The normalized spacial score (nSPS) is 11.9. The topological polar surface area (TPSA) is 55.1 Å². The molecule has 3 nitrogen and oxygen atoms in total. The van der Waals surface area contributed by atoms with E-state index in [9.17, 15) is 9.18 Å². The molecule has 21 heavy (non-hydrogen) atoms. The Kier molecular flexibility index (Phi) is 10.5. The summed E-state index contributed by atoms with van der Waals surface area (Å²) in [5.41, 5.74) is 5.64. The van der Waals surface area contributed by atoms with Crippen molar-refractivity contribution in [3.05, 3.63) is 30.1 Å². The van der Waals surface area contributed by atoms with Gasteiger partial charge < -0.3 is 11.1 Å². The number of carbonyl (C=O) groups is 1. The van der Waals surface area contributed by atoms with E-state index in [-0.39, 0.29) is 30.2 Å². The minimum Gasteiger partial charge on any atom is -0.352 e. The summed E-state index contributed by atoms with van der Waals surface area (Å²) in [6.45, 7) is 4.65. The molecule has 0 saturated carbocycles. The highest BCUT2D eigenvalue weighted by atomic mass is 35.5. The van der Waals surface area contributed by atoms with Gasteiger partial charge in [0.2, 0.25) is 5.91 Å². The van der Waals surface area contributed by atoms with Crippen LogP contribution in [0.2, 0.25) is 0 Å². The molecular formula is C15H24ClFN2OS. The first-order chi connectivity index (χ1) is 9.52. The smallest absolute Gasteiger partial charge is 0.221 e. The van der Waals surface area contributed by atoms with Crippen LogP contribution in [0.3, 0.4) is 0 Å². The van der Waals surface area contributed by atoms with Crippen molar-refractivity contribution in [1.29, 1.82) is 0 Å². The third-order valence-electron chi connectivity index (χ3n) is 2.83. The van der Waals surface area contributed by atoms with Crippen LogP contribution in [-0.2, 0) is 4.79 Å². The highest BCUT2D eigenvalue weighted by Crippen LogP contribution is 2.21. The maximum absolute atomic E-state index is 13.4. The van der Waals surface area contributed by atoms with Gasteiger partial charge in [-0.2, -0.15) is 0 Å². The number of benzene rings is 1. The molecule has 1 rings (SSSR count). The Hall–Kier alpha value is -0.780. The molecule has 0 radical (unpaired) electrons. The van der Waals surface area contributed by atoms with Gasteiger partial charge in [0, 0.05) is 29.7 Å². The third kappa shape index (κ3) is 8.29. The molecule has 0 aromatic heterocycles. The molecular weight excluding hydrogens is 311 g/mol. The highest BCUT2D eigenvalue weighted by molar-refractivity contribution is 7.99. The van der Waals surface area contributed by atoms with Gasteiger partial charge in [-0.3, -0.25) is 4.79 Å². The van der Waals surface area contributed by atoms with Crippen LogP contribution in [0.15, 0.2) is 29.2 Å². The van der Waals surface area contributed by atoms with E-state index in [0.29, 0.717) is 29.5 Å². The lowest BCUT2D eigenvalue weighted by atomic mass is 10.0. The summed E-state index contributed by atoms with van der Waals surface area (Å²) >= 11 is 1.36. The number of nitrogens with two attached hydrogens (primary N) is 1. The van der Waals surface area contributed by atoms with Gasteiger partial charge in [0.1, 0.15) is 5.82 Å². The fourth-order valence-corrected chi connectivity index (χ4v) is 2.79. The van der Waals surface area contributed by atoms with Crippen LogP contribution in [0.1, 0.15) is 26.7 Å². The van der Waals surface area contributed by atoms with E-state index < -0.39 is 0 Å². The summed E-state index contributed by atoms with van der Waals surface area (Å²) in [5.74, 6) is 0.797. The zero-order valence-corrected chi connectivity index (χ0v) is 14.1. The van der Waals surface area contributed by atoms with Gasteiger partial charge in [-0.15, -0.1) is 24.2 Å². The molecule has 0 aliphatic heterocycles. The van der Waals surface area contributed by atoms with E-state index in [0.717, 1.165) is 6.42 Å². The number of hydrogen-bond acceptors (Lipinski definition) is 3. The van der Waals surface area contributed by atoms with Crippen LogP contribution in [-0.4, -0.2) is 24.2 Å². The predicted molar refractivity (Wildman–Crippen MR) is 89.4 cm³/mol. The van der Waals surface area contributed by atoms with Gasteiger partial charge >= 0.3 is 0 Å². The summed E-state index contributed by atoms with van der Waals surface area (Å²) in [6, 6.07) is 6.62. The summed E-state index contributed by atoms with van der Waals surface area (Å²) < 4.78 is 13.4. The molecule has 1 amide bonds. The van der Waals surface area contributed by atoms with Gasteiger partial charge in [0.05, 0.1) is 0 Å². The zero-order chi connectivity index (χ0) is 15.0. The van der Waals surface area contributed by atoms with Crippen LogP contribution in [0, 0.1) is 11.7 Å². The minimum atomic E-state index is -0.238. The standard InChI is InChI=1S/C15H23FN2OS.ClH/c1-11(2)9-12(10-17)18-15(19)7-8-20-14-6-4-3-5-13(14)16;/h3-6,11-12H,7-10,17H2,1-2H3,(H,18,19);1H. The maximum atomic E-state index is 13.4. The lowest BCUT2D eigenvalue weighted by molar-refractivity contribution is -0.121.